The van der Waals surface area contributed by atoms with E-state index in [4.69, 9.17) is 34.8 Å². The fraction of sp³-hybridized carbons (Fsp3) is 0.538. The minimum absolute atomic E-state index is 0.556. The Morgan fingerprint density at radius 1 is 1.06 bits per heavy atom. The zero-order valence-electron chi connectivity index (χ0n) is 10.4. The predicted molar refractivity (Wildman–Crippen MR) is 78.6 cm³/mol. The third-order valence-corrected chi connectivity index (χ3v) is 3.32. The number of benzene rings is 1. The molecule has 0 saturated carbocycles. The van der Waals surface area contributed by atoms with Gasteiger partial charge >= 0.3 is 0 Å². The third-order valence-electron chi connectivity index (χ3n) is 2.51. The molecule has 17 heavy (non-hydrogen) atoms. The van der Waals surface area contributed by atoms with Gasteiger partial charge in [-0.1, -0.05) is 55.6 Å². The van der Waals surface area contributed by atoms with Crippen molar-refractivity contribution in [3.63, 3.8) is 0 Å². The highest BCUT2D eigenvalue weighted by atomic mass is 35.5. The number of hydrogen-bond acceptors (Lipinski definition) is 1. The molecule has 1 aromatic rings. The molecule has 4 heteroatoms. The molecule has 0 saturated heterocycles. The van der Waals surface area contributed by atoms with Crippen molar-refractivity contribution >= 4 is 40.5 Å². The van der Waals surface area contributed by atoms with E-state index in [-0.39, 0.29) is 0 Å². The van der Waals surface area contributed by atoms with Gasteiger partial charge in [0.05, 0.1) is 15.7 Å². The maximum absolute atomic E-state index is 6.09. The van der Waals surface area contributed by atoms with Gasteiger partial charge in [0.25, 0.3) is 0 Å². The Bertz CT molecular complexity index is 354. The van der Waals surface area contributed by atoms with Crippen molar-refractivity contribution < 1.29 is 0 Å². The molecule has 1 aromatic carbocycles. The van der Waals surface area contributed by atoms with E-state index in [1.54, 1.807) is 12.1 Å². The van der Waals surface area contributed by atoms with Gasteiger partial charge in [-0.3, -0.25) is 0 Å². The monoisotopic (exact) mass is 293 g/mol. The molecule has 0 spiro atoms. The minimum atomic E-state index is 0.556. The molecule has 1 nitrogen and oxygen atoms in total. The molecule has 96 valence electrons. The highest BCUT2D eigenvalue weighted by molar-refractivity contribution is 6.41. The summed E-state index contributed by atoms with van der Waals surface area (Å²) in [6, 6.07) is 3.40. The zero-order chi connectivity index (χ0) is 13.0. The van der Waals surface area contributed by atoms with E-state index in [2.05, 4.69) is 26.1 Å². The van der Waals surface area contributed by atoms with E-state index in [0.29, 0.717) is 26.9 Å². The standard InChI is InChI=1S/C13H18Cl3N/c1-8(2)4-9(3)7-17-13-11(15)5-10(14)6-12(13)16/h5-6,8-9,17H,4,7H2,1-3H3. The van der Waals surface area contributed by atoms with Crippen LogP contribution in [0.4, 0.5) is 5.69 Å². The summed E-state index contributed by atoms with van der Waals surface area (Å²) in [5.41, 5.74) is 0.772. The largest absolute Gasteiger partial charge is 0.382 e. The lowest BCUT2D eigenvalue weighted by Crippen LogP contribution is -2.13. The zero-order valence-corrected chi connectivity index (χ0v) is 12.6. The Morgan fingerprint density at radius 2 is 1.59 bits per heavy atom. The summed E-state index contributed by atoms with van der Waals surface area (Å²) in [4.78, 5) is 0. The van der Waals surface area contributed by atoms with Gasteiger partial charge in [-0.25, -0.2) is 0 Å². The van der Waals surface area contributed by atoms with Crippen LogP contribution >= 0.6 is 34.8 Å². The highest BCUT2D eigenvalue weighted by Gasteiger charge is 2.10. The van der Waals surface area contributed by atoms with Crippen LogP contribution in [0.1, 0.15) is 27.2 Å². The lowest BCUT2D eigenvalue weighted by molar-refractivity contribution is 0.455. The molecule has 0 radical (unpaired) electrons. The molecule has 0 aliphatic carbocycles. The number of rotatable bonds is 5. The van der Waals surface area contributed by atoms with Crippen molar-refractivity contribution in [3.8, 4) is 0 Å². The van der Waals surface area contributed by atoms with Gasteiger partial charge in [0.1, 0.15) is 0 Å². The summed E-state index contributed by atoms with van der Waals surface area (Å²) in [5.74, 6) is 1.28. The molecule has 0 aliphatic heterocycles. The smallest absolute Gasteiger partial charge is 0.0720 e. The Labute approximate surface area is 118 Å². The minimum Gasteiger partial charge on any atom is -0.382 e. The molecule has 0 heterocycles. The Balaban J connectivity index is 2.63. The van der Waals surface area contributed by atoms with Crippen LogP contribution in [0.3, 0.4) is 0 Å². The fourth-order valence-electron chi connectivity index (χ4n) is 1.88. The lowest BCUT2D eigenvalue weighted by atomic mass is 9.99. The quantitative estimate of drug-likeness (QED) is 0.730. The van der Waals surface area contributed by atoms with Gasteiger partial charge in [-0.15, -0.1) is 0 Å². The maximum atomic E-state index is 6.09. The van der Waals surface area contributed by atoms with Crippen LogP contribution in [-0.2, 0) is 0 Å². The number of anilines is 1. The van der Waals surface area contributed by atoms with Gasteiger partial charge in [0.15, 0.2) is 0 Å². The first-order valence-electron chi connectivity index (χ1n) is 5.78. The number of nitrogens with one attached hydrogen (secondary N) is 1. The molecule has 0 fully saturated rings. The summed E-state index contributed by atoms with van der Waals surface area (Å²) in [7, 11) is 0. The lowest BCUT2D eigenvalue weighted by Gasteiger charge is -2.17. The Morgan fingerprint density at radius 3 is 2.06 bits per heavy atom. The molecular formula is C13H18Cl3N. The summed E-state index contributed by atoms with van der Waals surface area (Å²) >= 11 is 18.0. The van der Waals surface area contributed by atoms with Crippen LogP contribution in [0, 0.1) is 11.8 Å². The van der Waals surface area contributed by atoms with E-state index in [9.17, 15) is 0 Å². The van der Waals surface area contributed by atoms with Gasteiger partial charge in [0, 0.05) is 11.6 Å². The fourth-order valence-corrected chi connectivity index (χ4v) is 2.83. The second-order valence-corrected chi connectivity index (χ2v) is 6.11. The van der Waals surface area contributed by atoms with Crippen LogP contribution in [0.2, 0.25) is 15.1 Å². The molecule has 0 amide bonds. The first kappa shape index (κ1) is 14.9. The number of hydrogen-bond donors (Lipinski definition) is 1. The van der Waals surface area contributed by atoms with Crippen LogP contribution in [0.15, 0.2) is 12.1 Å². The van der Waals surface area contributed by atoms with Crippen molar-refractivity contribution in [3.05, 3.63) is 27.2 Å². The Kier molecular flexibility index (Phi) is 5.91. The van der Waals surface area contributed by atoms with E-state index < -0.39 is 0 Å². The molecular weight excluding hydrogens is 277 g/mol. The van der Waals surface area contributed by atoms with Crippen molar-refractivity contribution in [2.24, 2.45) is 11.8 Å². The SMILES string of the molecule is CC(C)CC(C)CNc1c(Cl)cc(Cl)cc1Cl. The molecule has 0 bridgehead atoms. The first-order chi connectivity index (χ1) is 7.90. The van der Waals surface area contributed by atoms with Crippen molar-refractivity contribution in [1.29, 1.82) is 0 Å². The highest BCUT2D eigenvalue weighted by Crippen LogP contribution is 2.33. The van der Waals surface area contributed by atoms with E-state index in [0.717, 1.165) is 12.2 Å². The van der Waals surface area contributed by atoms with Gasteiger partial charge in [-0.05, 0) is 30.4 Å². The van der Waals surface area contributed by atoms with Crippen LogP contribution in [0.25, 0.3) is 0 Å². The molecule has 0 aromatic heterocycles. The van der Waals surface area contributed by atoms with Gasteiger partial charge in [-0.2, -0.15) is 0 Å². The van der Waals surface area contributed by atoms with Crippen LogP contribution < -0.4 is 5.32 Å². The van der Waals surface area contributed by atoms with Crippen molar-refractivity contribution in [2.45, 2.75) is 27.2 Å². The topological polar surface area (TPSA) is 12.0 Å². The second kappa shape index (κ2) is 6.72. The summed E-state index contributed by atoms with van der Waals surface area (Å²) in [6.45, 7) is 7.52. The maximum Gasteiger partial charge on any atom is 0.0720 e. The molecule has 1 rings (SSSR count). The van der Waals surface area contributed by atoms with E-state index in [1.165, 1.54) is 6.42 Å². The number of halogens is 3. The van der Waals surface area contributed by atoms with E-state index >= 15 is 0 Å². The van der Waals surface area contributed by atoms with Gasteiger partial charge in [0.2, 0.25) is 0 Å². The van der Waals surface area contributed by atoms with E-state index in [1.807, 2.05) is 0 Å². The summed E-state index contributed by atoms with van der Waals surface area (Å²) < 4.78 is 0. The van der Waals surface area contributed by atoms with Crippen molar-refractivity contribution in [2.75, 3.05) is 11.9 Å². The Hall–Kier alpha value is -0.110. The van der Waals surface area contributed by atoms with Gasteiger partial charge < -0.3 is 5.32 Å². The summed E-state index contributed by atoms with van der Waals surface area (Å²) in [6.07, 6.45) is 1.18. The second-order valence-electron chi connectivity index (χ2n) is 4.86. The third kappa shape index (κ3) is 4.95. The van der Waals surface area contributed by atoms with Crippen LogP contribution in [0.5, 0.6) is 0 Å². The molecule has 1 atom stereocenters. The normalized spacial score (nSPS) is 12.9. The average Bonchev–Trinajstić information content (AvgIpc) is 2.14. The predicted octanol–water partition coefficient (Wildman–Crippen LogP) is 5.74. The summed E-state index contributed by atoms with van der Waals surface area (Å²) in [5, 5.41) is 4.98. The molecule has 1 N–H and O–H groups in total. The molecule has 1 unspecified atom stereocenters. The molecule has 0 aliphatic rings. The average molecular weight is 295 g/mol. The van der Waals surface area contributed by atoms with Crippen LogP contribution in [-0.4, -0.2) is 6.54 Å². The van der Waals surface area contributed by atoms with Crippen molar-refractivity contribution in [1.82, 2.24) is 0 Å². The first-order valence-corrected chi connectivity index (χ1v) is 6.92.